The van der Waals surface area contributed by atoms with Gasteiger partial charge in [0.05, 0.1) is 38.7 Å². The van der Waals surface area contributed by atoms with Crippen LogP contribution in [0.3, 0.4) is 0 Å². The van der Waals surface area contributed by atoms with E-state index in [1.54, 1.807) is 22.9 Å². The number of benzene rings is 2. The predicted octanol–water partition coefficient (Wildman–Crippen LogP) is 2.40. The molecule has 0 spiro atoms. The second kappa shape index (κ2) is 9.40. The lowest BCUT2D eigenvalue weighted by atomic mass is 10.2. The molecule has 0 aliphatic heterocycles. The molecule has 3 aromatic rings. The molecular formula is C19H22N6O4. The summed E-state index contributed by atoms with van der Waals surface area (Å²) in [4.78, 5) is 12.3. The molecule has 0 fully saturated rings. The fraction of sp³-hybridized carbons (Fsp3) is 0.263. The van der Waals surface area contributed by atoms with Gasteiger partial charge in [-0.05, 0) is 53.7 Å². The van der Waals surface area contributed by atoms with Gasteiger partial charge in [0.1, 0.15) is 5.75 Å². The summed E-state index contributed by atoms with van der Waals surface area (Å²) in [5, 5.41) is 17.1. The number of anilines is 1. The van der Waals surface area contributed by atoms with E-state index in [1.807, 2.05) is 31.2 Å². The average molecular weight is 398 g/mol. The molecule has 0 saturated heterocycles. The fourth-order valence-electron chi connectivity index (χ4n) is 2.68. The summed E-state index contributed by atoms with van der Waals surface area (Å²) < 4.78 is 17.5. The van der Waals surface area contributed by atoms with E-state index in [4.69, 9.17) is 14.2 Å². The first kappa shape index (κ1) is 19.9. The number of carbonyl (C=O) groups excluding carboxylic acids is 1. The van der Waals surface area contributed by atoms with Gasteiger partial charge in [0, 0.05) is 0 Å². The van der Waals surface area contributed by atoms with Crippen molar-refractivity contribution in [2.45, 2.75) is 13.5 Å². The van der Waals surface area contributed by atoms with Crippen LogP contribution in [0.4, 0.5) is 10.5 Å². The van der Waals surface area contributed by atoms with Crippen molar-refractivity contribution in [3.63, 3.8) is 0 Å². The van der Waals surface area contributed by atoms with Crippen molar-refractivity contribution in [3.8, 4) is 22.9 Å². The Morgan fingerprint density at radius 1 is 1.10 bits per heavy atom. The van der Waals surface area contributed by atoms with Crippen molar-refractivity contribution in [2.75, 3.05) is 26.1 Å². The second-order valence-corrected chi connectivity index (χ2v) is 5.78. The molecule has 0 atom stereocenters. The van der Waals surface area contributed by atoms with Gasteiger partial charge >= 0.3 is 6.03 Å². The number of methoxy groups -OCH3 is 2. The monoisotopic (exact) mass is 398 g/mol. The number of rotatable bonds is 8. The van der Waals surface area contributed by atoms with Crippen molar-refractivity contribution in [2.24, 2.45) is 0 Å². The molecule has 10 heteroatoms. The minimum absolute atomic E-state index is 0.123. The molecule has 1 heterocycles. The zero-order valence-corrected chi connectivity index (χ0v) is 16.4. The summed E-state index contributed by atoms with van der Waals surface area (Å²) in [5.74, 6) is 2.19. The van der Waals surface area contributed by atoms with Crippen molar-refractivity contribution in [1.29, 1.82) is 0 Å². The van der Waals surface area contributed by atoms with Crippen molar-refractivity contribution >= 4 is 11.7 Å². The van der Waals surface area contributed by atoms with Crippen LogP contribution in [-0.2, 0) is 6.54 Å². The first-order valence-electron chi connectivity index (χ1n) is 8.92. The summed E-state index contributed by atoms with van der Waals surface area (Å²) in [5.41, 5.74) is 1.24. The molecule has 0 aliphatic rings. The molecule has 10 nitrogen and oxygen atoms in total. The lowest BCUT2D eigenvalue weighted by Gasteiger charge is -2.13. The number of tetrazole rings is 1. The number of para-hydroxylation sites is 1. The Balaban J connectivity index is 1.66. The van der Waals surface area contributed by atoms with Crippen LogP contribution in [0.2, 0.25) is 0 Å². The van der Waals surface area contributed by atoms with E-state index >= 15 is 0 Å². The van der Waals surface area contributed by atoms with Gasteiger partial charge in [-0.15, -0.1) is 5.10 Å². The summed E-state index contributed by atoms with van der Waals surface area (Å²) in [6.07, 6.45) is 0. The first-order chi connectivity index (χ1) is 14.2. The Labute approximate surface area is 167 Å². The van der Waals surface area contributed by atoms with Crippen molar-refractivity contribution in [1.82, 2.24) is 25.5 Å². The van der Waals surface area contributed by atoms with Gasteiger partial charge in [-0.3, -0.25) is 0 Å². The molecule has 2 N–H and O–H groups in total. The fourth-order valence-corrected chi connectivity index (χ4v) is 2.68. The van der Waals surface area contributed by atoms with Crippen molar-refractivity contribution < 1.29 is 19.0 Å². The number of amides is 2. The van der Waals surface area contributed by atoms with E-state index in [0.717, 1.165) is 11.4 Å². The number of urea groups is 1. The van der Waals surface area contributed by atoms with E-state index in [1.165, 1.54) is 14.2 Å². The smallest absolute Gasteiger partial charge is 0.319 e. The third-order valence-corrected chi connectivity index (χ3v) is 3.98. The molecule has 0 radical (unpaired) electrons. The molecule has 2 aromatic carbocycles. The first-order valence-corrected chi connectivity index (χ1v) is 8.92. The van der Waals surface area contributed by atoms with Gasteiger partial charge in [0.2, 0.25) is 0 Å². The lowest BCUT2D eigenvalue weighted by Crippen LogP contribution is -2.29. The molecule has 3 rings (SSSR count). The van der Waals surface area contributed by atoms with Gasteiger partial charge in [-0.25, -0.2) is 4.79 Å². The van der Waals surface area contributed by atoms with Crippen LogP contribution < -0.4 is 24.8 Å². The maximum Gasteiger partial charge on any atom is 0.319 e. The molecular weight excluding hydrogens is 376 g/mol. The van der Waals surface area contributed by atoms with E-state index in [-0.39, 0.29) is 6.54 Å². The summed E-state index contributed by atoms with van der Waals surface area (Å²) in [7, 11) is 3.04. The Bertz CT molecular complexity index is 958. The number of ether oxygens (including phenoxy) is 3. The molecule has 29 heavy (non-hydrogen) atoms. The van der Waals surface area contributed by atoms with Crippen LogP contribution in [0.1, 0.15) is 12.7 Å². The zero-order valence-electron chi connectivity index (χ0n) is 16.4. The number of aromatic nitrogens is 4. The highest BCUT2D eigenvalue weighted by Gasteiger charge is 2.14. The average Bonchev–Trinajstić information content (AvgIpc) is 3.21. The van der Waals surface area contributed by atoms with Crippen LogP contribution in [0.15, 0.2) is 42.5 Å². The van der Waals surface area contributed by atoms with Crippen LogP contribution >= 0.6 is 0 Å². The highest BCUT2D eigenvalue weighted by Crippen LogP contribution is 2.34. The standard InChI is InChI=1S/C19H22N6O4/c1-4-29-14-10-8-13(9-11-14)25-17(22-23-24-25)12-20-19(26)21-15-6-5-7-16(27-2)18(15)28-3/h5-11H,4,12H2,1-3H3,(H2,20,21,26). The summed E-state index contributed by atoms with van der Waals surface area (Å²) in [6, 6.07) is 12.1. The number of carbonyl (C=O) groups is 1. The number of nitrogens with zero attached hydrogens (tertiary/aromatic N) is 4. The second-order valence-electron chi connectivity index (χ2n) is 5.78. The minimum atomic E-state index is -0.433. The third kappa shape index (κ3) is 4.72. The van der Waals surface area contributed by atoms with Crippen LogP contribution in [0, 0.1) is 0 Å². The Kier molecular flexibility index (Phi) is 6.46. The topological polar surface area (TPSA) is 112 Å². The van der Waals surface area contributed by atoms with Gasteiger partial charge in [0.25, 0.3) is 0 Å². The number of hydrogen-bond donors (Lipinski definition) is 2. The van der Waals surface area contributed by atoms with Crippen LogP contribution in [0.25, 0.3) is 5.69 Å². The maximum atomic E-state index is 12.3. The largest absolute Gasteiger partial charge is 0.494 e. The molecule has 0 saturated carbocycles. The molecule has 0 unspecified atom stereocenters. The maximum absolute atomic E-state index is 12.3. The highest BCUT2D eigenvalue weighted by atomic mass is 16.5. The molecule has 152 valence electrons. The normalized spacial score (nSPS) is 10.3. The van der Waals surface area contributed by atoms with Crippen LogP contribution in [-0.4, -0.2) is 47.1 Å². The predicted molar refractivity (Wildman–Crippen MR) is 106 cm³/mol. The summed E-state index contributed by atoms with van der Waals surface area (Å²) in [6.45, 7) is 2.64. The third-order valence-electron chi connectivity index (χ3n) is 3.98. The Hall–Kier alpha value is -3.82. The zero-order chi connectivity index (χ0) is 20.6. The van der Waals surface area contributed by atoms with E-state index in [2.05, 4.69) is 26.2 Å². The van der Waals surface area contributed by atoms with E-state index in [9.17, 15) is 4.79 Å². The van der Waals surface area contributed by atoms with Gasteiger partial charge in [-0.1, -0.05) is 6.07 Å². The van der Waals surface area contributed by atoms with E-state index < -0.39 is 6.03 Å². The van der Waals surface area contributed by atoms with Gasteiger partial charge < -0.3 is 24.8 Å². The number of hydrogen-bond acceptors (Lipinski definition) is 7. The molecule has 0 aliphatic carbocycles. The Morgan fingerprint density at radius 2 is 1.90 bits per heavy atom. The van der Waals surface area contributed by atoms with Gasteiger partial charge in [-0.2, -0.15) is 4.68 Å². The van der Waals surface area contributed by atoms with Gasteiger partial charge in [0.15, 0.2) is 17.3 Å². The van der Waals surface area contributed by atoms with Crippen LogP contribution in [0.5, 0.6) is 17.2 Å². The van der Waals surface area contributed by atoms with Crippen molar-refractivity contribution in [3.05, 3.63) is 48.3 Å². The lowest BCUT2D eigenvalue weighted by molar-refractivity contribution is 0.251. The SMILES string of the molecule is CCOc1ccc(-n2nnnc2CNC(=O)Nc2cccc(OC)c2OC)cc1. The summed E-state index contributed by atoms with van der Waals surface area (Å²) >= 11 is 0. The quantitative estimate of drug-likeness (QED) is 0.599. The molecule has 0 bridgehead atoms. The molecule has 1 aromatic heterocycles. The van der Waals surface area contributed by atoms with E-state index in [0.29, 0.717) is 29.6 Å². The minimum Gasteiger partial charge on any atom is -0.494 e. The Morgan fingerprint density at radius 3 is 2.59 bits per heavy atom. The highest BCUT2D eigenvalue weighted by molar-refractivity contribution is 5.91. The number of nitrogens with one attached hydrogen (secondary N) is 2. The molecule has 2 amide bonds.